The van der Waals surface area contributed by atoms with Gasteiger partial charge < -0.3 is 9.80 Å². The van der Waals surface area contributed by atoms with E-state index in [4.69, 9.17) is 0 Å². The number of amidine groups is 2. The minimum absolute atomic E-state index is 0. The van der Waals surface area contributed by atoms with E-state index in [1.807, 2.05) is 0 Å². The van der Waals surface area contributed by atoms with Gasteiger partial charge in [0.1, 0.15) is 0 Å². The summed E-state index contributed by atoms with van der Waals surface area (Å²) in [5.41, 5.74) is 0. The predicted octanol–water partition coefficient (Wildman–Crippen LogP) is 6.68. The highest BCUT2D eigenvalue weighted by molar-refractivity contribution is 14.0. The summed E-state index contributed by atoms with van der Waals surface area (Å²) in [6.07, 6.45) is 17.6. The summed E-state index contributed by atoms with van der Waals surface area (Å²) < 4.78 is 0. The van der Waals surface area contributed by atoms with Crippen LogP contribution in [0.3, 0.4) is 0 Å². The molecular weight excluding hydrogens is 614 g/mol. The van der Waals surface area contributed by atoms with Crippen molar-refractivity contribution in [2.24, 2.45) is 9.98 Å². The summed E-state index contributed by atoms with van der Waals surface area (Å²) in [7, 11) is 8.25. The summed E-state index contributed by atoms with van der Waals surface area (Å²) in [4.78, 5) is 13.5. The summed E-state index contributed by atoms with van der Waals surface area (Å²) in [5, 5.41) is 2.28. The molecule has 0 N–H and O–H groups in total. The molecule has 0 saturated heterocycles. The highest BCUT2D eigenvalue weighted by Gasteiger charge is 1.99. The van der Waals surface area contributed by atoms with Crippen molar-refractivity contribution in [2.45, 2.75) is 64.2 Å². The molecule has 28 heavy (non-hydrogen) atoms. The second kappa shape index (κ2) is 24.4. The zero-order chi connectivity index (χ0) is 19.6. The number of rotatable bonds is 13. The molecule has 4 nitrogen and oxygen atoms in total. The molecule has 0 bridgehead atoms. The summed E-state index contributed by atoms with van der Waals surface area (Å²) in [5.74, 6) is 0. The van der Waals surface area contributed by atoms with Crippen LogP contribution in [-0.2, 0) is 0 Å². The predicted molar refractivity (Wildman–Crippen MR) is 156 cm³/mol. The van der Waals surface area contributed by atoms with Crippen molar-refractivity contribution < 1.29 is 0 Å². The van der Waals surface area contributed by atoms with Gasteiger partial charge in [-0.05, 0) is 25.4 Å². The fourth-order valence-corrected chi connectivity index (χ4v) is 3.94. The average Bonchev–Trinajstić information content (AvgIpc) is 2.61. The number of nitrogens with zero attached hydrogens (tertiary/aromatic N) is 4. The summed E-state index contributed by atoms with van der Waals surface area (Å²) >= 11 is 3.46. The van der Waals surface area contributed by atoms with Gasteiger partial charge in [-0.25, -0.2) is 0 Å². The second-order valence-corrected chi connectivity index (χ2v) is 8.61. The molecule has 0 aromatic rings. The van der Waals surface area contributed by atoms with Crippen LogP contribution in [-0.4, -0.2) is 73.9 Å². The summed E-state index contributed by atoms with van der Waals surface area (Å²) in [6, 6.07) is 0. The van der Waals surface area contributed by atoms with Crippen LogP contribution in [0.1, 0.15) is 64.2 Å². The lowest BCUT2D eigenvalue weighted by atomic mass is 10.1. The van der Waals surface area contributed by atoms with E-state index in [-0.39, 0.29) is 48.0 Å². The molecular formula is C20H44I2N4S2. The molecule has 0 spiro atoms. The van der Waals surface area contributed by atoms with Gasteiger partial charge >= 0.3 is 0 Å². The third kappa shape index (κ3) is 20.4. The molecule has 0 aromatic carbocycles. The third-order valence-corrected chi connectivity index (χ3v) is 5.91. The van der Waals surface area contributed by atoms with Crippen molar-refractivity contribution in [3.63, 3.8) is 0 Å². The van der Waals surface area contributed by atoms with Crippen LogP contribution in [0.2, 0.25) is 0 Å². The molecule has 0 heterocycles. The van der Waals surface area contributed by atoms with Gasteiger partial charge in [0.25, 0.3) is 0 Å². The Kier molecular flexibility index (Phi) is 29.4. The quantitative estimate of drug-likeness (QED) is 0.0957. The van der Waals surface area contributed by atoms with E-state index in [0.29, 0.717) is 0 Å². The molecule has 0 fully saturated rings. The minimum atomic E-state index is 0. The van der Waals surface area contributed by atoms with E-state index >= 15 is 0 Å². The number of hydrogen-bond donors (Lipinski definition) is 0. The van der Waals surface area contributed by atoms with Crippen molar-refractivity contribution in [2.75, 3.05) is 53.8 Å². The van der Waals surface area contributed by atoms with Crippen molar-refractivity contribution in [1.29, 1.82) is 0 Å². The number of aliphatic imine (C=N–C) groups is 2. The van der Waals surface area contributed by atoms with E-state index < -0.39 is 0 Å². The van der Waals surface area contributed by atoms with Gasteiger partial charge in [0.05, 0.1) is 0 Å². The van der Waals surface area contributed by atoms with Crippen molar-refractivity contribution in [3.8, 4) is 0 Å². The molecule has 0 aliphatic heterocycles. The monoisotopic (exact) mass is 658 g/mol. The second-order valence-electron chi connectivity index (χ2n) is 7.06. The molecule has 8 heteroatoms. The first-order chi connectivity index (χ1) is 12.5. The molecule has 170 valence electrons. The van der Waals surface area contributed by atoms with Crippen LogP contribution in [0.15, 0.2) is 9.98 Å². The zero-order valence-corrected chi connectivity index (χ0v) is 25.2. The molecule has 0 saturated carbocycles. The fourth-order valence-electron chi connectivity index (χ4n) is 2.76. The van der Waals surface area contributed by atoms with Crippen LogP contribution in [0.4, 0.5) is 0 Å². The first kappa shape index (κ1) is 33.7. The Hall–Kier alpha value is 1.10. The van der Waals surface area contributed by atoms with Gasteiger partial charge in [-0.1, -0.05) is 74.9 Å². The van der Waals surface area contributed by atoms with Crippen molar-refractivity contribution in [3.05, 3.63) is 0 Å². The topological polar surface area (TPSA) is 31.2 Å². The van der Waals surface area contributed by atoms with Crippen LogP contribution >= 0.6 is 71.5 Å². The SMILES string of the molecule is CSC(=NCCCCCCCCCCCCN=C(SC)N(C)C)N(C)C.I.I. The third-order valence-electron chi connectivity index (χ3n) is 4.19. The van der Waals surface area contributed by atoms with Gasteiger partial charge in [-0.15, -0.1) is 48.0 Å². The Bertz CT molecular complexity index is 356. The van der Waals surface area contributed by atoms with Gasteiger partial charge in [0.15, 0.2) is 10.3 Å². The number of hydrogen-bond acceptors (Lipinski definition) is 4. The fraction of sp³-hybridized carbons (Fsp3) is 0.900. The van der Waals surface area contributed by atoms with Crippen molar-refractivity contribution in [1.82, 2.24) is 9.80 Å². The first-order valence-electron chi connectivity index (χ1n) is 10.0. The molecule has 0 aromatic heterocycles. The minimum Gasteiger partial charge on any atom is -0.358 e. The smallest absolute Gasteiger partial charge is 0.158 e. The average molecular weight is 659 g/mol. The number of unbranched alkanes of at least 4 members (excludes halogenated alkanes) is 9. The molecule has 0 amide bonds. The normalized spacial score (nSPS) is 11.6. The van der Waals surface area contributed by atoms with Crippen LogP contribution in [0.25, 0.3) is 0 Å². The lowest BCUT2D eigenvalue weighted by Gasteiger charge is -2.12. The molecule has 0 unspecified atom stereocenters. The lowest BCUT2D eigenvalue weighted by molar-refractivity contribution is 0.553. The Balaban J connectivity index is -0.00000312. The maximum absolute atomic E-state index is 4.64. The van der Waals surface area contributed by atoms with Crippen LogP contribution in [0.5, 0.6) is 0 Å². The lowest BCUT2D eigenvalue weighted by Crippen LogP contribution is -2.18. The van der Waals surface area contributed by atoms with Crippen LogP contribution < -0.4 is 0 Å². The Morgan fingerprint density at radius 2 is 0.786 bits per heavy atom. The highest BCUT2D eigenvalue weighted by atomic mass is 127. The standard InChI is InChI=1S/C20H42N4S2.2HI/c1-23(2)19(25-5)21-17-15-13-11-9-7-8-10-12-14-16-18-22-20(26-6)24(3)4;;/h7-18H2,1-6H3;2*1H. The van der Waals surface area contributed by atoms with Gasteiger partial charge in [-0.2, -0.15) is 0 Å². The van der Waals surface area contributed by atoms with Gasteiger partial charge in [0.2, 0.25) is 0 Å². The zero-order valence-electron chi connectivity index (χ0n) is 18.9. The number of halogens is 2. The van der Waals surface area contributed by atoms with E-state index in [9.17, 15) is 0 Å². The largest absolute Gasteiger partial charge is 0.358 e. The molecule has 0 rings (SSSR count). The first-order valence-corrected chi connectivity index (χ1v) is 12.5. The molecule has 0 aliphatic carbocycles. The van der Waals surface area contributed by atoms with Crippen molar-refractivity contribution >= 4 is 81.8 Å². The number of thioether (sulfide) groups is 2. The Morgan fingerprint density at radius 3 is 1.00 bits per heavy atom. The molecule has 0 atom stereocenters. The maximum atomic E-state index is 4.64. The van der Waals surface area contributed by atoms with Gasteiger partial charge in [0, 0.05) is 41.3 Å². The molecule has 0 radical (unpaired) electrons. The Morgan fingerprint density at radius 1 is 0.536 bits per heavy atom. The highest BCUT2D eigenvalue weighted by Crippen LogP contribution is 2.11. The maximum Gasteiger partial charge on any atom is 0.158 e. The summed E-state index contributed by atoms with van der Waals surface area (Å²) in [6.45, 7) is 1.95. The molecule has 0 aliphatic rings. The van der Waals surface area contributed by atoms with Crippen LogP contribution in [0, 0.1) is 0 Å². The Labute approximate surface area is 218 Å². The van der Waals surface area contributed by atoms with E-state index in [1.165, 1.54) is 64.2 Å². The van der Waals surface area contributed by atoms with E-state index in [2.05, 4.69) is 60.5 Å². The van der Waals surface area contributed by atoms with Gasteiger partial charge in [-0.3, -0.25) is 9.98 Å². The van der Waals surface area contributed by atoms with E-state index in [0.717, 1.165) is 23.4 Å². The van der Waals surface area contributed by atoms with E-state index in [1.54, 1.807) is 23.5 Å².